The minimum atomic E-state index is -1.29. The fourth-order valence-electron chi connectivity index (χ4n) is 5.59. The summed E-state index contributed by atoms with van der Waals surface area (Å²) in [6.45, 7) is 16.0. The van der Waals surface area contributed by atoms with Gasteiger partial charge in [0.2, 0.25) is 11.8 Å². The molecule has 2 rings (SSSR count). The second kappa shape index (κ2) is 21.2. The van der Waals surface area contributed by atoms with Crippen LogP contribution in [0.4, 0.5) is 9.59 Å². The zero-order valence-corrected chi connectivity index (χ0v) is 33.0. The van der Waals surface area contributed by atoms with Crippen molar-refractivity contribution in [2.24, 2.45) is 17.8 Å². The van der Waals surface area contributed by atoms with E-state index in [1.54, 1.807) is 48.5 Å². The van der Waals surface area contributed by atoms with Crippen LogP contribution in [0.5, 0.6) is 0 Å². The van der Waals surface area contributed by atoms with E-state index in [2.05, 4.69) is 21.3 Å². The Morgan fingerprint density at radius 1 is 0.736 bits per heavy atom. The first-order chi connectivity index (χ1) is 24.8. The molecule has 0 unspecified atom stereocenters. The van der Waals surface area contributed by atoms with Crippen molar-refractivity contribution in [1.29, 1.82) is 0 Å². The largest absolute Gasteiger partial charge is 0.467 e. The van der Waals surface area contributed by atoms with Gasteiger partial charge in [-0.1, -0.05) is 102 Å². The molecule has 2 aromatic carbocycles. The second-order valence-corrected chi connectivity index (χ2v) is 15.5. The van der Waals surface area contributed by atoms with Gasteiger partial charge in [0.05, 0.1) is 25.8 Å². The molecule has 0 fully saturated rings. The maximum Gasteiger partial charge on any atom is 0.408 e. The zero-order chi connectivity index (χ0) is 39.9. The van der Waals surface area contributed by atoms with Crippen LogP contribution in [0.1, 0.15) is 79.9 Å². The molecule has 5 N–H and O–H groups in total. The highest BCUT2D eigenvalue weighted by Crippen LogP contribution is 2.15. The predicted molar refractivity (Wildman–Crippen MR) is 203 cm³/mol. The van der Waals surface area contributed by atoms with E-state index in [0.717, 1.165) is 11.1 Å². The van der Waals surface area contributed by atoms with Crippen LogP contribution in [-0.2, 0) is 36.8 Å². The number of alkyl carbamates (subject to hydrolysis) is 1. The first kappa shape index (κ1) is 44.5. The lowest BCUT2D eigenvalue weighted by Gasteiger charge is -2.33. The maximum absolute atomic E-state index is 14.1. The molecule has 5 atom stereocenters. The normalized spacial score (nSPS) is 14.4. The lowest BCUT2D eigenvalue weighted by Crippen LogP contribution is -2.58. The van der Waals surface area contributed by atoms with Crippen molar-refractivity contribution in [2.45, 2.75) is 118 Å². The Hall–Kier alpha value is -4.65. The molecular weight excluding hydrogens is 678 g/mol. The number of aliphatic hydroxyl groups excluding tert-OH is 1. The highest BCUT2D eigenvalue weighted by Gasteiger charge is 2.34. The van der Waals surface area contributed by atoms with Gasteiger partial charge in [-0.2, -0.15) is 0 Å². The van der Waals surface area contributed by atoms with Crippen LogP contribution in [0.15, 0.2) is 60.7 Å². The summed E-state index contributed by atoms with van der Waals surface area (Å²) in [5.41, 5.74) is 0.829. The molecule has 5 amide bonds. The van der Waals surface area contributed by atoms with Crippen LogP contribution >= 0.6 is 0 Å². The number of benzene rings is 2. The minimum absolute atomic E-state index is 0.00324. The standard InChI is InChI=1S/C40H61N5O8/c1-25(2)21-31(35(47)43-34(27(5)6)37(49)52-10)42-38(50)45(23-29-19-15-12-16-20-29)24-32(46)30(22-28-17-13-11-14-18-28)41-36(48)33(26(3)4)44-39(51)53-40(7,8)9/h11-20,25-27,30-34,46H,21-24H2,1-10H3,(H,41,48)(H,42,50)(H,43,47)(H,44,51)/t30-,31-,32+,33-,34-/m0/s1. The van der Waals surface area contributed by atoms with E-state index in [9.17, 15) is 29.1 Å². The van der Waals surface area contributed by atoms with Gasteiger partial charge in [-0.3, -0.25) is 9.59 Å². The molecule has 53 heavy (non-hydrogen) atoms. The molecule has 2 aromatic rings. The zero-order valence-electron chi connectivity index (χ0n) is 33.0. The molecule has 13 nitrogen and oxygen atoms in total. The Morgan fingerprint density at radius 2 is 1.28 bits per heavy atom. The molecule has 0 aliphatic carbocycles. The van der Waals surface area contributed by atoms with Gasteiger partial charge in [-0.25, -0.2) is 14.4 Å². The van der Waals surface area contributed by atoms with Crippen molar-refractivity contribution >= 4 is 29.9 Å². The number of hydrogen-bond donors (Lipinski definition) is 5. The van der Waals surface area contributed by atoms with Crippen molar-refractivity contribution < 1.29 is 38.6 Å². The Labute approximate surface area is 314 Å². The number of carbonyl (C=O) groups is 5. The molecule has 0 bridgehead atoms. The van der Waals surface area contributed by atoms with E-state index in [1.165, 1.54) is 12.0 Å². The molecular formula is C40H61N5O8. The number of nitrogens with zero attached hydrogens (tertiary/aromatic N) is 1. The lowest BCUT2D eigenvalue weighted by molar-refractivity contribution is -0.146. The number of hydrogen-bond acceptors (Lipinski definition) is 8. The number of urea groups is 1. The van der Waals surface area contributed by atoms with Crippen LogP contribution in [0.2, 0.25) is 0 Å². The summed E-state index contributed by atoms with van der Waals surface area (Å²) in [5, 5.41) is 23.0. The number of amides is 5. The molecule has 0 spiro atoms. The summed E-state index contributed by atoms with van der Waals surface area (Å²) in [5.74, 6) is -2.24. The SMILES string of the molecule is COC(=O)[C@@H](NC(=O)[C@H](CC(C)C)NC(=O)N(Cc1ccccc1)C[C@@H](O)[C@H](Cc1ccccc1)NC(=O)[C@@H](NC(=O)OC(C)(C)C)C(C)C)C(C)C. The second-order valence-electron chi connectivity index (χ2n) is 15.5. The van der Waals surface area contributed by atoms with Gasteiger partial charge in [0.25, 0.3) is 0 Å². The van der Waals surface area contributed by atoms with E-state index in [-0.39, 0.29) is 43.7 Å². The summed E-state index contributed by atoms with van der Waals surface area (Å²) in [7, 11) is 1.25. The molecule has 0 saturated heterocycles. The highest BCUT2D eigenvalue weighted by molar-refractivity contribution is 5.90. The van der Waals surface area contributed by atoms with E-state index >= 15 is 0 Å². The molecule has 0 radical (unpaired) electrons. The molecule has 294 valence electrons. The third-order valence-electron chi connectivity index (χ3n) is 8.36. The monoisotopic (exact) mass is 739 g/mol. The van der Waals surface area contributed by atoms with Crippen LogP contribution in [-0.4, -0.2) is 89.4 Å². The third kappa shape index (κ3) is 15.9. The summed E-state index contributed by atoms with van der Waals surface area (Å²) in [6, 6.07) is 14.1. The molecule has 0 aliphatic rings. The predicted octanol–water partition coefficient (Wildman–Crippen LogP) is 4.56. The van der Waals surface area contributed by atoms with Gasteiger partial charge in [0, 0.05) is 6.54 Å². The maximum atomic E-state index is 14.1. The van der Waals surface area contributed by atoms with Crippen LogP contribution in [0.25, 0.3) is 0 Å². The third-order valence-corrected chi connectivity index (χ3v) is 8.36. The van der Waals surface area contributed by atoms with Gasteiger partial charge >= 0.3 is 18.1 Å². The molecule has 13 heteroatoms. The fraction of sp³-hybridized carbons (Fsp3) is 0.575. The van der Waals surface area contributed by atoms with E-state index < -0.39 is 65.8 Å². The van der Waals surface area contributed by atoms with Gasteiger partial charge < -0.3 is 40.7 Å². The van der Waals surface area contributed by atoms with Crippen molar-refractivity contribution in [3.05, 3.63) is 71.8 Å². The number of ether oxygens (including phenoxy) is 2. The van der Waals surface area contributed by atoms with Gasteiger partial charge in [-0.05, 0) is 62.5 Å². The average molecular weight is 740 g/mol. The highest BCUT2D eigenvalue weighted by atomic mass is 16.6. The number of nitrogens with one attached hydrogen (secondary N) is 4. The van der Waals surface area contributed by atoms with Crippen LogP contribution in [0.3, 0.4) is 0 Å². The number of aliphatic hydroxyl groups is 1. The average Bonchev–Trinajstić information content (AvgIpc) is 3.07. The summed E-state index contributed by atoms with van der Waals surface area (Å²) in [6.07, 6.45) is -1.54. The van der Waals surface area contributed by atoms with Crippen molar-refractivity contribution in [2.75, 3.05) is 13.7 Å². The smallest absolute Gasteiger partial charge is 0.408 e. The molecule has 0 saturated carbocycles. The molecule has 0 heterocycles. The first-order valence-electron chi connectivity index (χ1n) is 18.3. The summed E-state index contributed by atoms with van der Waals surface area (Å²) >= 11 is 0. The van der Waals surface area contributed by atoms with E-state index in [1.807, 2.05) is 74.5 Å². The molecule has 0 aromatic heterocycles. The first-order valence-corrected chi connectivity index (χ1v) is 18.3. The Kier molecular flexibility index (Phi) is 17.8. The quantitative estimate of drug-likeness (QED) is 0.138. The van der Waals surface area contributed by atoms with Crippen molar-refractivity contribution in [1.82, 2.24) is 26.2 Å². The number of esters is 1. The van der Waals surface area contributed by atoms with E-state index in [4.69, 9.17) is 9.47 Å². The van der Waals surface area contributed by atoms with Crippen molar-refractivity contribution in [3.8, 4) is 0 Å². The summed E-state index contributed by atoms with van der Waals surface area (Å²) < 4.78 is 10.3. The Morgan fingerprint density at radius 3 is 1.77 bits per heavy atom. The van der Waals surface area contributed by atoms with Crippen LogP contribution in [0, 0.1) is 17.8 Å². The minimum Gasteiger partial charge on any atom is -0.467 e. The summed E-state index contributed by atoms with van der Waals surface area (Å²) in [4.78, 5) is 67.9. The number of carbonyl (C=O) groups excluding carboxylic acids is 5. The van der Waals surface area contributed by atoms with Gasteiger partial charge in [0.1, 0.15) is 23.7 Å². The number of methoxy groups -OCH3 is 1. The topological polar surface area (TPSA) is 175 Å². The van der Waals surface area contributed by atoms with Crippen LogP contribution < -0.4 is 21.3 Å². The Balaban J connectivity index is 2.43. The van der Waals surface area contributed by atoms with Gasteiger partial charge in [-0.15, -0.1) is 0 Å². The van der Waals surface area contributed by atoms with E-state index in [0.29, 0.717) is 0 Å². The van der Waals surface area contributed by atoms with Gasteiger partial charge in [0.15, 0.2) is 0 Å². The molecule has 0 aliphatic heterocycles. The van der Waals surface area contributed by atoms with Crippen molar-refractivity contribution in [3.63, 3.8) is 0 Å². The fourth-order valence-corrected chi connectivity index (χ4v) is 5.59. The lowest BCUT2D eigenvalue weighted by atomic mass is 9.98. The number of rotatable bonds is 18. The Bertz CT molecular complexity index is 1460.